The maximum Gasteiger partial charge on any atom is 0.260 e. The van der Waals surface area contributed by atoms with Crippen LogP contribution in [0.25, 0.3) is 11.0 Å². The SMILES string of the molecule is Cc1cc(C)c2c(OCC(=O)N(CCN(C)C)Cc3ccc(F)cc3)nn(C)c2n1. The number of carbonyl (C=O) groups is 1. The molecule has 7 nitrogen and oxygen atoms in total. The van der Waals surface area contributed by atoms with Gasteiger partial charge in [0.25, 0.3) is 5.91 Å². The summed E-state index contributed by atoms with van der Waals surface area (Å²) in [6.45, 7) is 5.41. The van der Waals surface area contributed by atoms with E-state index in [0.717, 1.165) is 27.9 Å². The number of rotatable bonds is 8. The summed E-state index contributed by atoms with van der Waals surface area (Å²) in [7, 11) is 5.71. The second-order valence-electron chi connectivity index (χ2n) is 7.74. The van der Waals surface area contributed by atoms with Crippen molar-refractivity contribution in [1.82, 2.24) is 24.6 Å². The van der Waals surface area contributed by atoms with Crippen LogP contribution in [-0.4, -0.2) is 64.3 Å². The summed E-state index contributed by atoms with van der Waals surface area (Å²) in [5, 5.41) is 5.22. The van der Waals surface area contributed by atoms with Crippen LogP contribution in [0, 0.1) is 19.7 Å². The summed E-state index contributed by atoms with van der Waals surface area (Å²) in [6, 6.07) is 8.15. The molecule has 0 saturated heterocycles. The number of benzene rings is 1. The average Bonchev–Trinajstić information content (AvgIpc) is 3.00. The first kappa shape index (κ1) is 21.7. The van der Waals surface area contributed by atoms with Gasteiger partial charge in [0.2, 0.25) is 5.88 Å². The number of amides is 1. The number of halogens is 1. The predicted molar refractivity (Wildman–Crippen MR) is 114 cm³/mol. The number of fused-ring (bicyclic) bond motifs is 1. The Hall–Kier alpha value is -3.00. The minimum absolute atomic E-state index is 0.131. The number of hydrogen-bond donors (Lipinski definition) is 0. The van der Waals surface area contributed by atoms with Crippen molar-refractivity contribution in [2.24, 2.45) is 7.05 Å². The molecule has 0 bridgehead atoms. The molecule has 0 fully saturated rings. The lowest BCUT2D eigenvalue weighted by Gasteiger charge is -2.24. The van der Waals surface area contributed by atoms with E-state index in [9.17, 15) is 9.18 Å². The molecule has 3 rings (SSSR count). The largest absolute Gasteiger partial charge is 0.466 e. The molecule has 0 aliphatic rings. The molecule has 30 heavy (non-hydrogen) atoms. The molecule has 160 valence electrons. The summed E-state index contributed by atoms with van der Waals surface area (Å²) >= 11 is 0. The van der Waals surface area contributed by atoms with Crippen molar-refractivity contribution in [3.05, 3.63) is 53.0 Å². The van der Waals surface area contributed by atoms with Gasteiger partial charge < -0.3 is 14.5 Å². The minimum Gasteiger partial charge on any atom is -0.466 e. The van der Waals surface area contributed by atoms with E-state index < -0.39 is 0 Å². The zero-order valence-corrected chi connectivity index (χ0v) is 18.1. The molecule has 0 aliphatic carbocycles. The number of aryl methyl sites for hydroxylation is 3. The number of carbonyl (C=O) groups excluding carboxylic acids is 1. The van der Waals surface area contributed by atoms with E-state index in [1.54, 1.807) is 28.8 Å². The first-order valence-electron chi connectivity index (χ1n) is 9.85. The third-order valence-corrected chi connectivity index (χ3v) is 4.88. The third kappa shape index (κ3) is 5.13. The van der Waals surface area contributed by atoms with Crippen LogP contribution in [0.3, 0.4) is 0 Å². The predicted octanol–water partition coefficient (Wildman–Crippen LogP) is 2.69. The first-order chi connectivity index (χ1) is 14.2. The molecule has 1 aromatic carbocycles. The van der Waals surface area contributed by atoms with Crippen molar-refractivity contribution >= 4 is 16.9 Å². The van der Waals surface area contributed by atoms with Gasteiger partial charge in [0.1, 0.15) is 5.82 Å². The first-order valence-corrected chi connectivity index (χ1v) is 9.85. The summed E-state index contributed by atoms with van der Waals surface area (Å²) in [6.07, 6.45) is 0. The molecule has 0 unspecified atom stereocenters. The molecule has 0 spiro atoms. The lowest BCUT2D eigenvalue weighted by Crippen LogP contribution is -2.39. The highest BCUT2D eigenvalue weighted by Crippen LogP contribution is 2.27. The Labute approximate surface area is 176 Å². The van der Waals surface area contributed by atoms with E-state index in [1.807, 2.05) is 38.9 Å². The van der Waals surface area contributed by atoms with Crippen LogP contribution >= 0.6 is 0 Å². The summed E-state index contributed by atoms with van der Waals surface area (Å²) < 4.78 is 20.7. The molecule has 0 radical (unpaired) electrons. The van der Waals surface area contributed by atoms with Gasteiger partial charge in [0.15, 0.2) is 12.3 Å². The zero-order valence-electron chi connectivity index (χ0n) is 18.1. The topological polar surface area (TPSA) is 63.5 Å². The van der Waals surface area contributed by atoms with Crippen molar-refractivity contribution < 1.29 is 13.9 Å². The van der Waals surface area contributed by atoms with Gasteiger partial charge in [-0.15, -0.1) is 5.10 Å². The number of pyridine rings is 1. The molecule has 2 aromatic heterocycles. The Balaban J connectivity index is 1.75. The summed E-state index contributed by atoms with van der Waals surface area (Å²) in [4.78, 5) is 21.2. The highest BCUT2D eigenvalue weighted by molar-refractivity contribution is 5.85. The van der Waals surface area contributed by atoms with Gasteiger partial charge in [-0.25, -0.2) is 14.1 Å². The fraction of sp³-hybridized carbons (Fsp3) is 0.409. The zero-order chi connectivity index (χ0) is 21.8. The lowest BCUT2D eigenvalue weighted by molar-refractivity contribution is -0.134. The van der Waals surface area contributed by atoms with E-state index >= 15 is 0 Å². The lowest BCUT2D eigenvalue weighted by atomic mass is 10.2. The van der Waals surface area contributed by atoms with Gasteiger partial charge in [0.05, 0.1) is 5.39 Å². The minimum atomic E-state index is -0.297. The van der Waals surface area contributed by atoms with Crippen LogP contribution in [0.5, 0.6) is 5.88 Å². The van der Waals surface area contributed by atoms with Gasteiger partial charge in [-0.3, -0.25) is 4.79 Å². The van der Waals surface area contributed by atoms with Crippen LogP contribution < -0.4 is 4.74 Å². The van der Waals surface area contributed by atoms with Gasteiger partial charge in [0, 0.05) is 32.4 Å². The van der Waals surface area contributed by atoms with Crippen molar-refractivity contribution in [3.63, 3.8) is 0 Å². The second-order valence-corrected chi connectivity index (χ2v) is 7.74. The Morgan fingerprint density at radius 2 is 1.87 bits per heavy atom. The number of nitrogens with zero attached hydrogens (tertiary/aromatic N) is 5. The molecule has 2 heterocycles. The van der Waals surface area contributed by atoms with E-state index in [4.69, 9.17) is 4.74 Å². The van der Waals surface area contributed by atoms with Crippen molar-refractivity contribution in [1.29, 1.82) is 0 Å². The molecule has 0 N–H and O–H groups in total. The van der Waals surface area contributed by atoms with Crippen LogP contribution in [0.15, 0.2) is 30.3 Å². The van der Waals surface area contributed by atoms with E-state index in [0.29, 0.717) is 25.5 Å². The van der Waals surface area contributed by atoms with Gasteiger partial charge in [-0.1, -0.05) is 12.1 Å². The molecule has 1 amide bonds. The highest BCUT2D eigenvalue weighted by Gasteiger charge is 2.19. The van der Waals surface area contributed by atoms with E-state index in [2.05, 4.69) is 10.1 Å². The maximum absolute atomic E-state index is 13.2. The molecular formula is C22H28FN5O2. The Kier molecular flexibility index (Phi) is 6.66. The molecule has 0 atom stereocenters. The van der Waals surface area contributed by atoms with Crippen molar-refractivity contribution in [3.8, 4) is 5.88 Å². The smallest absolute Gasteiger partial charge is 0.260 e. The van der Waals surface area contributed by atoms with Crippen molar-refractivity contribution in [2.75, 3.05) is 33.8 Å². The van der Waals surface area contributed by atoms with Crippen LogP contribution in [0.4, 0.5) is 4.39 Å². The Bertz CT molecular complexity index is 1030. The van der Waals surface area contributed by atoms with Crippen molar-refractivity contribution in [2.45, 2.75) is 20.4 Å². The number of ether oxygens (including phenoxy) is 1. The molecule has 8 heteroatoms. The fourth-order valence-electron chi connectivity index (χ4n) is 3.29. The number of likely N-dealkylation sites (N-methyl/N-ethyl adjacent to an activating group) is 1. The molecule has 3 aromatic rings. The number of hydrogen-bond acceptors (Lipinski definition) is 5. The Morgan fingerprint density at radius 3 is 2.53 bits per heavy atom. The van der Waals surface area contributed by atoms with Crippen LogP contribution in [0.1, 0.15) is 16.8 Å². The molecule has 0 aliphatic heterocycles. The Morgan fingerprint density at radius 1 is 1.17 bits per heavy atom. The summed E-state index contributed by atoms with van der Waals surface area (Å²) in [5.41, 5.74) is 3.50. The highest BCUT2D eigenvalue weighted by atomic mass is 19.1. The molecular weight excluding hydrogens is 385 g/mol. The quantitative estimate of drug-likeness (QED) is 0.568. The van der Waals surface area contributed by atoms with Crippen LogP contribution in [-0.2, 0) is 18.4 Å². The monoisotopic (exact) mass is 413 g/mol. The van der Waals surface area contributed by atoms with Crippen LogP contribution in [0.2, 0.25) is 0 Å². The second kappa shape index (κ2) is 9.21. The standard InChI is InChI=1S/C22H28FN5O2/c1-15-12-16(2)24-21-20(15)22(25-27(21)5)30-14-19(29)28(11-10-26(3)4)13-17-6-8-18(23)9-7-17/h6-9,12H,10-11,13-14H2,1-5H3. The van der Waals surface area contributed by atoms with E-state index in [1.165, 1.54) is 12.1 Å². The summed E-state index contributed by atoms with van der Waals surface area (Å²) in [5.74, 6) is -0.0487. The number of aromatic nitrogens is 3. The van der Waals surface area contributed by atoms with E-state index in [-0.39, 0.29) is 18.3 Å². The van der Waals surface area contributed by atoms with Gasteiger partial charge in [-0.2, -0.15) is 0 Å². The normalized spacial score (nSPS) is 11.3. The fourth-order valence-corrected chi connectivity index (χ4v) is 3.29. The maximum atomic E-state index is 13.2. The van der Waals surface area contributed by atoms with Gasteiger partial charge >= 0.3 is 0 Å². The average molecular weight is 413 g/mol. The third-order valence-electron chi connectivity index (χ3n) is 4.88. The molecule has 0 saturated carbocycles. The van der Waals surface area contributed by atoms with Gasteiger partial charge in [-0.05, 0) is 57.3 Å².